The zero-order valence-corrected chi connectivity index (χ0v) is 12.2. The number of hydrogen-bond acceptors (Lipinski definition) is 4. The third-order valence-corrected chi connectivity index (χ3v) is 3.33. The summed E-state index contributed by atoms with van der Waals surface area (Å²) in [6.07, 6.45) is 1.32. The minimum absolute atomic E-state index is 0.316. The van der Waals surface area contributed by atoms with Gasteiger partial charge in [-0.25, -0.2) is 4.79 Å². The molecule has 0 saturated carbocycles. The first-order valence-electron chi connectivity index (χ1n) is 7.07. The van der Waals surface area contributed by atoms with Gasteiger partial charge in [0, 0.05) is 5.56 Å². The van der Waals surface area contributed by atoms with Crippen LogP contribution in [0.4, 0.5) is 0 Å². The number of ether oxygens (including phenoxy) is 1. The molecule has 4 nitrogen and oxygen atoms in total. The Bertz CT molecular complexity index is 761. The fourth-order valence-electron chi connectivity index (χ4n) is 2.25. The smallest absolute Gasteiger partial charge is 0.343 e. The van der Waals surface area contributed by atoms with E-state index in [1.165, 1.54) is 6.26 Å². The second-order valence-corrected chi connectivity index (χ2v) is 4.74. The lowest BCUT2D eigenvalue weighted by Crippen LogP contribution is -2.04. The predicted octanol–water partition coefficient (Wildman–Crippen LogP) is 4.19. The van der Waals surface area contributed by atoms with Crippen molar-refractivity contribution in [3.8, 4) is 22.4 Å². The predicted molar refractivity (Wildman–Crippen MR) is 83.3 cm³/mol. The molecule has 0 fully saturated rings. The molecule has 1 heterocycles. The Kier molecular flexibility index (Phi) is 4.01. The molecule has 0 aliphatic carbocycles. The maximum Gasteiger partial charge on any atom is 0.343 e. The van der Waals surface area contributed by atoms with E-state index in [9.17, 15) is 4.79 Å². The number of rotatable bonds is 4. The van der Waals surface area contributed by atoms with Crippen LogP contribution < -0.4 is 0 Å². The molecule has 3 aromatic rings. The lowest BCUT2D eigenvalue weighted by Gasteiger charge is -2.04. The summed E-state index contributed by atoms with van der Waals surface area (Å²) in [7, 11) is 0. The molecule has 0 spiro atoms. The SMILES string of the molecule is CCOC(=O)c1conc1-c1ccc(-c2ccccc2)cc1. The Morgan fingerprint density at radius 2 is 1.64 bits per heavy atom. The molecular formula is C18H15NO3. The minimum atomic E-state index is -0.425. The van der Waals surface area contributed by atoms with Gasteiger partial charge in [-0.15, -0.1) is 0 Å². The third kappa shape index (κ3) is 2.76. The van der Waals surface area contributed by atoms with E-state index < -0.39 is 5.97 Å². The number of benzene rings is 2. The first-order chi connectivity index (χ1) is 10.8. The summed E-state index contributed by atoms with van der Waals surface area (Å²) in [5, 5.41) is 3.92. The highest BCUT2D eigenvalue weighted by Gasteiger charge is 2.18. The molecule has 110 valence electrons. The van der Waals surface area contributed by atoms with Crippen molar-refractivity contribution in [2.45, 2.75) is 6.92 Å². The van der Waals surface area contributed by atoms with Crippen LogP contribution in [0.1, 0.15) is 17.3 Å². The molecule has 0 aliphatic heterocycles. The fourth-order valence-corrected chi connectivity index (χ4v) is 2.25. The third-order valence-electron chi connectivity index (χ3n) is 3.33. The molecule has 0 aliphatic rings. The van der Waals surface area contributed by atoms with Gasteiger partial charge >= 0.3 is 5.97 Å². The average Bonchev–Trinajstić information content (AvgIpc) is 3.06. The Morgan fingerprint density at radius 1 is 1.00 bits per heavy atom. The second-order valence-electron chi connectivity index (χ2n) is 4.74. The van der Waals surface area contributed by atoms with E-state index >= 15 is 0 Å². The molecule has 0 saturated heterocycles. The molecule has 0 amide bonds. The van der Waals surface area contributed by atoms with Crippen molar-refractivity contribution in [3.05, 3.63) is 66.4 Å². The van der Waals surface area contributed by atoms with E-state index in [1.807, 2.05) is 42.5 Å². The summed E-state index contributed by atoms with van der Waals surface area (Å²) in [5.41, 5.74) is 3.90. The highest BCUT2D eigenvalue weighted by atomic mass is 16.5. The standard InChI is InChI=1S/C18H15NO3/c1-2-21-18(20)16-12-22-19-17(16)15-10-8-14(9-11-15)13-6-4-3-5-7-13/h3-12H,2H2,1H3. The van der Waals surface area contributed by atoms with Crippen molar-refractivity contribution in [2.75, 3.05) is 6.61 Å². The Labute approximate surface area is 128 Å². The van der Waals surface area contributed by atoms with Gasteiger partial charge in [-0.2, -0.15) is 0 Å². The average molecular weight is 293 g/mol. The molecule has 4 heteroatoms. The van der Waals surface area contributed by atoms with Crippen LogP contribution in [0.2, 0.25) is 0 Å². The van der Waals surface area contributed by atoms with Gasteiger partial charge in [-0.3, -0.25) is 0 Å². The van der Waals surface area contributed by atoms with Gasteiger partial charge in [-0.1, -0.05) is 59.8 Å². The largest absolute Gasteiger partial charge is 0.462 e. The van der Waals surface area contributed by atoms with Crippen LogP contribution in [0.15, 0.2) is 65.4 Å². The second kappa shape index (κ2) is 6.26. The molecule has 0 atom stereocenters. The van der Waals surface area contributed by atoms with Crippen LogP contribution in [0.3, 0.4) is 0 Å². The quantitative estimate of drug-likeness (QED) is 0.677. The van der Waals surface area contributed by atoms with Crippen LogP contribution in [-0.2, 0) is 4.74 Å². The van der Waals surface area contributed by atoms with E-state index in [0.717, 1.165) is 16.7 Å². The van der Waals surface area contributed by atoms with Crippen LogP contribution in [0.25, 0.3) is 22.4 Å². The van der Waals surface area contributed by atoms with Crippen LogP contribution >= 0.6 is 0 Å². The van der Waals surface area contributed by atoms with Crippen molar-refractivity contribution in [2.24, 2.45) is 0 Å². The molecule has 0 bridgehead atoms. The first-order valence-corrected chi connectivity index (χ1v) is 7.07. The zero-order chi connectivity index (χ0) is 15.4. The molecule has 0 N–H and O–H groups in total. The van der Waals surface area contributed by atoms with Gasteiger partial charge in [0.25, 0.3) is 0 Å². The first kappa shape index (κ1) is 14.1. The Hall–Kier alpha value is -2.88. The van der Waals surface area contributed by atoms with Crippen LogP contribution in [-0.4, -0.2) is 17.7 Å². The van der Waals surface area contributed by atoms with Gasteiger partial charge in [0.05, 0.1) is 6.61 Å². The Morgan fingerprint density at radius 3 is 2.32 bits per heavy atom. The van der Waals surface area contributed by atoms with E-state index in [4.69, 9.17) is 9.26 Å². The molecule has 22 heavy (non-hydrogen) atoms. The van der Waals surface area contributed by atoms with Crippen molar-refractivity contribution in [3.63, 3.8) is 0 Å². The summed E-state index contributed by atoms with van der Waals surface area (Å²) in [5.74, 6) is -0.425. The fraction of sp³-hybridized carbons (Fsp3) is 0.111. The van der Waals surface area contributed by atoms with E-state index in [-0.39, 0.29) is 0 Å². The zero-order valence-electron chi connectivity index (χ0n) is 12.2. The number of carbonyl (C=O) groups is 1. The maximum atomic E-state index is 11.9. The summed E-state index contributed by atoms with van der Waals surface area (Å²) in [4.78, 5) is 11.9. The number of hydrogen-bond donors (Lipinski definition) is 0. The minimum Gasteiger partial charge on any atom is -0.462 e. The molecule has 1 aromatic heterocycles. The molecule has 3 rings (SSSR count). The highest BCUT2D eigenvalue weighted by Crippen LogP contribution is 2.26. The van der Waals surface area contributed by atoms with E-state index in [1.54, 1.807) is 6.92 Å². The summed E-state index contributed by atoms with van der Waals surface area (Å²) in [6, 6.07) is 17.9. The van der Waals surface area contributed by atoms with Gasteiger partial charge in [0.1, 0.15) is 17.5 Å². The molecular weight excluding hydrogens is 278 g/mol. The Balaban J connectivity index is 1.91. The van der Waals surface area contributed by atoms with Crippen molar-refractivity contribution in [1.29, 1.82) is 0 Å². The molecule has 2 aromatic carbocycles. The lowest BCUT2D eigenvalue weighted by molar-refractivity contribution is 0.0526. The van der Waals surface area contributed by atoms with Crippen molar-refractivity contribution < 1.29 is 14.1 Å². The molecule has 0 unspecified atom stereocenters. The molecule has 0 radical (unpaired) electrons. The maximum absolute atomic E-state index is 11.9. The lowest BCUT2D eigenvalue weighted by atomic mass is 10.0. The van der Waals surface area contributed by atoms with Gasteiger partial charge < -0.3 is 9.26 Å². The van der Waals surface area contributed by atoms with E-state index in [0.29, 0.717) is 17.9 Å². The summed E-state index contributed by atoms with van der Waals surface area (Å²) in [6.45, 7) is 2.08. The van der Waals surface area contributed by atoms with Gasteiger partial charge in [0.2, 0.25) is 0 Å². The number of aromatic nitrogens is 1. The number of esters is 1. The summed E-state index contributed by atoms with van der Waals surface area (Å²) >= 11 is 0. The van der Waals surface area contributed by atoms with Crippen LogP contribution in [0, 0.1) is 0 Å². The van der Waals surface area contributed by atoms with Crippen LogP contribution in [0.5, 0.6) is 0 Å². The van der Waals surface area contributed by atoms with Gasteiger partial charge in [-0.05, 0) is 18.1 Å². The van der Waals surface area contributed by atoms with Crippen molar-refractivity contribution in [1.82, 2.24) is 5.16 Å². The number of carbonyl (C=O) groups excluding carboxylic acids is 1. The number of nitrogens with zero attached hydrogens (tertiary/aromatic N) is 1. The monoisotopic (exact) mass is 293 g/mol. The van der Waals surface area contributed by atoms with E-state index in [2.05, 4.69) is 17.3 Å². The topological polar surface area (TPSA) is 52.3 Å². The summed E-state index contributed by atoms with van der Waals surface area (Å²) < 4.78 is 9.93. The van der Waals surface area contributed by atoms with Gasteiger partial charge in [0.15, 0.2) is 0 Å². The van der Waals surface area contributed by atoms with Crippen molar-refractivity contribution >= 4 is 5.97 Å². The highest BCUT2D eigenvalue weighted by molar-refractivity contribution is 5.95. The normalized spacial score (nSPS) is 10.4.